The Labute approximate surface area is 121 Å². The Morgan fingerprint density at radius 3 is 2.55 bits per heavy atom. The number of nitrogen functional groups attached to an aromatic ring is 1. The molecule has 1 fully saturated rings. The third-order valence-electron chi connectivity index (χ3n) is 3.95. The summed E-state index contributed by atoms with van der Waals surface area (Å²) in [7, 11) is -3.44. The van der Waals surface area contributed by atoms with E-state index in [1.807, 2.05) is 6.92 Å². The van der Waals surface area contributed by atoms with Gasteiger partial charge >= 0.3 is 0 Å². The Bertz CT molecular complexity index is 529. The van der Waals surface area contributed by atoms with Crippen molar-refractivity contribution in [3.63, 3.8) is 0 Å². The molecule has 0 spiro atoms. The fourth-order valence-electron chi connectivity index (χ4n) is 2.89. The molecule has 1 aliphatic carbocycles. The maximum Gasteiger partial charge on any atom is 0.240 e. The monoisotopic (exact) mass is 296 g/mol. The van der Waals surface area contributed by atoms with Crippen LogP contribution in [-0.4, -0.2) is 15.0 Å². The number of hydrogen-bond donors (Lipinski definition) is 2. The van der Waals surface area contributed by atoms with Crippen molar-refractivity contribution in [1.29, 1.82) is 0 Å². The van der Waals surface area contributed by atoms with Crippen LogP contribution in [0.4, 0.5) is 5.69 Å². The van der Waals surface area contributed by atoms with E-state index in [1.54, 1.807) is 12.1 Å². The number of aryl methyl sites for hydroxylation is 1. The number of benzene rings is 1. The molecule has 1 aromatic carbocycles. The third kappa shape index (κ3) is 4.21. The van der Waals surface area contributed by atoms with Gasteiger partial charge < -0.3 is 5.73 Å². The van der Waals surface area contributed by atoms with E-state index < -0.39 is 10.0 Å². The number of hydrogen-bond acceptors (Lipinski definition) is 3. The maximum absolute atomic E-state index is 12.2. The second kappa shape index (κ2) is 6.59. The van der Waals surface area contributed by atoms with Crippen LogP contribution in [0.5, 0.6) is 0 Å². The highest BCUT2D eigenvalue weighted by Crippen LogP contribution is 2.26. The number of sulfonamides is 1. The van der Waals surface area contributed by atoms with Crippen molar-refractivity contribution in [1.82, 2.24) is 4.72 Å². The molecule has 112 valence electrons. The molecule has 4 nitrogen and oxygen atoms in total. The minimum atomic E-state index is -3.44. The lowest BCUT2D eigenvalue weighted by Crippen LogP contribution is -2.26. The molecular weight excluding hydrogens is 272 g/mol. The molecule has 0 unspecified atom stereocenters. The summed E-state index contributed by atoms with van der Waals surface area (Å²) in [5.41, 5.74) is 7.05. The van der Waals surface area contributed by atoms with E-state index in [0.717, 1.165) is 12.0 Å². The molecule has 1 saturated carbocycles. The summed E-state index contributed by atoms with van der Waals surface area (Å²) < 4.78 is 27.1. The van der Waals surface area contributed by atoms with Crippen molar-refractivity contribution in [2.45, 2.75) is 50.3 Å². The Balaban J connectivity index is 1.93. The fourth-order valence-corrected chi connectivity index (χ4v) is 4.07. The van der Waals surface area contributed by atoms with E-state index in [9.17, 15) is 8.42 Å². The summed E-state index contributed by atoms with van der Waals surface area (Å²) in [5.74, 6) is 0.675. The van der Waals surface area contributed by atoms with E-state index >= 15 is 0 Å². The van der Waals surface area contributed by atoms with Crippen molar-refractivity contribution in [2.75, 3.05) is 12.3 Å². The first-order valence-electron chi connectivity index (χ1n) is 7.34. The van der Waals surface area contributed by atoms with Crippen LogP contribution in [0.25, 0.3) is 0 Å². The molecule has 5 heteroatoms. The topological polar surface area (TPSA) is 72.2 Å². The van der Waals surface area contributed by atoms with Crippen LogP contribution in [0.2, 0.25) is 0 Å². The Hall–Kier alpha value is -1.07. The molecule has 0 heterocycles. The molecule has 0 aromatic heterocycles. The van der Waals surface area contributed by atoms with Gasteiger partial charge in [-0.25, -0.2) is 13.1 Å². The predicted molar refractivity (Wildman–Crippen MR) is 82.0 cm³/mol. The lowest BCUT2D eigenvalue weighted by molar-refractivity contribution is 0.339. The zero-order valence-electron chi connectivity index (χ0n) is 12.1. The van der Waals surface area contributed by atoms with E-state index in [2.05, 4.69) is 4.72 Å². The minimum Gasteiger partial charge on any atom is -0.399 e. The van der Waals surface area contributed by atoms with Gasteiger partial charge in [0.25, 0.3) is 0 Å². The largest absolute Gasteiger partial charge is 0.399 e. The van der Waals surface area contributed by atoms with Gasteiger partial charge in [-0.2, -0.15) is 0 Å². The molecule has 0 radical (unpaired) electrons. The van der Waals surface area contributed by atoms with Gasteiger partial charge in [0.2, 0.25) is 10.0 Å². The lowest BCUT2D eigenvalue weighted by atomic mass is 9.87. The summed E-state index contributed by atoms with van der Waals surface area (Å²) >= 11 is 0. The molecule has 0 atom stereocenters. The molecule has 0 aliphatic heterocycles. The molecule has 1 aromatic rings. The van der Waals surface area contributed by atoms with Gasteiger partial charge in [-0.15, -0.1) is 0 Å². The number of nitrogens with one attached hydrogen (secondary N) is 1. The Morgan fingerprint density at radius 1 is 1.20 bits per heavy atom. The van der Waals surface area contributed by atoms with Crippen LogP contribution in [0.3, 0.4) is 0 Å². The average molecular weight is 296 g/mol. The van der Waals surface area contributed by atoms with Gasteiger partial charge in [0, 0.05) is 12.2 Å². The molecule has 0 bridgehead atoms. The van der Waals surface area contributed by atoms with Crippen LogP contribution in [0, 0.1) is 12.8 Å². The second-order valence-corrected chi connectivity index (χ2v) is 7.54. The fraction of sp³-hybridized carbons (Fsp3) is 0.600. The first-order chi connectivity index (χ1) is 9.47. The van der Waals surface area contributed by atoms with Gasteiger partial charge in [-0.05, 0) is 43.0 Å². The third-order valence-corrected chi connectivity index (χ3v) is 5.39. The van der Waals surface area contributed by atoms with E-state index in [-0.39, 0.29) is 4.90 Å². The molecule has 2 rings (SSSR count). The van der Waals surface area contributed by atoms with E-state index in [4.69, 9.17) is 5.73 Å². The van der Waals surface area contributed by atoms with Crippen molar-refractivity contribution in [2.24, 2.45) is 5.92 Å². The normalized spacial score (nSPS) is 17.2. The lowest BCUT2D eigenvalue weighted by Gasteiger charge is -2.21. The first-order valence-corrected chi connectivity index (χ1v) is 8.82. The van der Waals surface area contributed by atoms with Crippen LogP contribution in [-0.2, 0) is 10.0 Å². The van der Waals surface area contributed by atoms with Gasteiger partial charge in [0.05, 0.1) is 4.90 Å². The molecule has 20 heavy (non-hydrogen) atoms. The van der Waals surface area contributed by atoms with Gasteiger partial charge in [-0.3, -0.25) is 0 Å². The summed E-state index contributed by atoms with van der Waals surface area (Å²) in [6, 6.07) is 4.93. The van der Waals surface area contributed by atoms with Crippen LogP contribution in [0.1, 0.15) is 44.1 Å². The highest BCUT2D eigenvalue weighted by Gasteiger charge is 2.17. The van der Waals surface area contributed by atoms with Gasteiger partial charge in [0.1, 0.15) is 0 Å². The summed E-state index contributed by atoms with van der Waals surface area (Å²) in [6.45, 7) is 2.36. The smallest absolute Gasteiger partial charge is 0.240 e. The van der Waals surface area contributed by atoms with Crippen molar-refractivity contribution >= 4 is 15.7 Å². The summed E-state index contributed by atoms with van der Waals surface area (Å²) in [6.07, 6.45) is 7.29. The molecular formula is C15H24N2O2S. The number of rotatable bonds is 5. The van der Waals surface area contributed by atoms with Crippen LogP contribution >= 0.6 is 0 Å². The number of anilines is 1. The van der Waals surface area contributed by atoms with E-state index in [1.165, 1.54) is 38.2 Å². The average Bonchev–Trinajstić information content (AvgIpc) is 2.38. The standard InChI is InChI=1S/C15H24N2O2S/c1-12-9-14(16)11-15(10-12)20(18,19)17-8-7-13-5-3-2-4-6-13/h9-11,13,17H,2-8,16H2,1H3. The quantitative estimate of drug-likeness (QED) is 0.821. The van der Waals surface area contributed by atoms with Crippen LogP contribution in [0.15, 0.2) is 23.1 Å². The zero-order valence-corrected chi connectivity index (χ0v) is 12.9. The first kappa shape index (κ1) is 15.3. The SMILES string of the molecule is Cc1cc(N)cc(S(=O)(=O)NCCC2CCCCC2)c1. The van der Waals surface area contributed by atoms with Gasteiger partial charge in [-0.1, -0.05) is 32.1 Å². The molecule has 0 saturated heterocycles. The Kier molecular flexibility index (Phi) is 5.05. The zero-order chi connectivity index (χ0) is 14.6. The maximum atomic E-state index is 12.2. The minimum absolute atomic E-state index is 0.263. The van der Waals surface area contributed by atoms with Crippen molar-refractivity contribution < 1.29 is 8.42 Å². The van der Waals surface area contributed by atoms with Crippen molar-refractivity contribution in [3.8, 4) is 0 Å². The molecule has 0 amide bonds. The Morgan fingerprint density at radius 2 is 1.90 bits per heavy atom. The summed E-state index contributed by atoms with van der Waals surface area (Å²) in [4.78, 5) is 0.263. The highest BCUT2D eigenvalue weighted by atomic mass is 32.2. The molecule has 3 N–H and O–H groups in total. The van der Waals surface area contributed by atoms with Crippen molar-refractivity contribution in [3.05, 3.63) is 23.8 Å². The second-order valence-electron chi connectivity index (χ2n) is 5.77. The number of nitrogens with two attached hydrogens (primary N) is 1. The van der Waals surface area contributed by atoms with E-state index in [0.29, 0.717) is 18.2 Å². The molecule has 1 aliphatic rings. The predicted octanol–water partition coefficient (Wildman–Crippen LogP) is 2.83. The summed E-state index contributed by atoms with van der Waals surface area (Å²) in [5, 5.41) is 0. The highest BCUT2D eigenvalue weighted by molar-refractivity contribution is 7.89. The van der Waals surface area contributed by atoms with Gasteiger partial charge in [0.15, 0.2) is 0 Å². The van der Waals surface area contributed by atoms with Crippen LogP contribution < -0.4 is 10.5 Å².